The topological polar surface area (TPSA) is 110 Å². The van der Waals surface area contributed by atoms with Crippen LogP contribution in [0.25, 0.3) is 0 Å². The molecule has 2 heterocycles. The Bertz CT molecular complexity index is 1010. The summed E-state index contributed by atoms with van der Waals surface area (Å²) in [5.74, 6) is -0.872. The molecule has 2 saturated heterocycles. The first-order valence-electron chi connectivity index (χ1n) is 12.4. The molecule has 2 aliphatic rings. The number of Topliss-reactive ketones (excluding diaryl/α,β-unsaturated/α-hetero) is 1. The Morgan fingerprint density at radius 1 is 1.06 bits per heavy atom. The summed E-state index contributed by atoms with van der Waals surface area (Å²) in [5, 5.41) is 2.90. The van der Waals surface area contributed by atoms with E-state index in [2.05, 4.69) is 5.32 Å². The second kappa shape index (κ2) is 11.5. The summed E-state index contributed by atoms with van der Waals surface area (Å²) in [6.07, 6.45) is 1.45. The minimum Gasteiger partial charge on any atom is -0.378 e. The van der Waals surface area contributed by atoms with Crippen molar-refractivity contribution in [3.8, 4) is 0 Å². The summed E-state index contributed by atoms with van der Waals surface area (Å²) in [6, 6.07) is 6.41. The summed E-state index contributed by atoms with van der Waals surface area (Å²) < 4.78 is 0. The maximum Gasteiger partial charge on any atom is 0.251 e. The minimum absolute atomic E-state index is 0.0198. The number of amides is 4. The molecule has 0 aliphatic carbocycles. The number of ketones is 1. The zero-order chi connectivity index (χ0) is 26.6. The third kappa shape index (κ3) is 6.22. The van der Waals surface area contributed by atoms with E-state index in [1.165, 1.54) is 16.7 Å². The van der Waals surface area contributed by atoms with Gasteiger partial charge in [0.15, 0.2) is 5.78 Å². The van der Waals surface area contributed by atoms with Crippen LogP contribution in [0.3, 0.4) is 0 Å². The van der Waals surface area contributed by atoms with Crippen LogP contribution in [0.1, 0.15) is 43.5 Å². The summed E-state index contributed by atoms with van der Waals surface area (Å²) in [7, 11) is 5.42. The van der Waals surface area contributed by atoms with E-state index in [-0.39, 0.29) is 60.9 Å². The van der Waals surface area contributed by atoms with Gasteiger partial charge in [0.25, 0.3) is 5.91 Å². The number of hydrogen-bond donors (Lipinski definition) is 1. The Labute approximate surface area is 212 Å². The fraction of sp³-hybridized carbons (Fsp3) is 0.577. The molecule has 1 aromatic rings. The monoisotopic (exact) mass is 499 g/mol. The third-order valence-corrected chi connectivity index (χ3v) is 7.06. The number of likely N-dealkylation sites (N-methyl/N-ethyl adjacent to an activating group) is 1. The van der Waals surface area contributed by atoms with Crippen molar-refractivity contribution in [3.63, 3.8) is 0 Å². The predicted octanol–water partition coefficient (Wildman–Crippen LogP) is 0.758. The van der Waals surface area contributed by atoms with Crippen molar-refractivity contribution in [1.82, 2.24) is 20.0 Å². The number of rotatable bonds is 9. The Kier molecular flexibility index (Phi) is 8.70. The SMILES string of the molecule is CC(=O)N(C)CC(=O)N1CC(=O)C2C1CCN2C(=O)CC(C)CCNC(=O)c1ccc(N(C)C)cc1. The molecular formula is C26H37N5O5. The van der Waals surface area contributed by atoms with Crippen LogP contribution in [0.5, 0.6) is 0 Å². The first-order valence-corrected chi connectivity index (χ1v) is 12.4. The molecule has 10 heteroatoms. The fourth-order valence-electron chi connectivity index (χ4n) is 4.79. The van der Waals surface area contributed by atoms with Gasteiger partial charge in [-0.15, -0.1) is 0 Å². The molecule has 3 atom stereocenters. The summed E-state index contributed by atoms with van der Waals surface area (Å²) in [6.45, 7) is 4.10. The molecule has 10 nitrogen and oxygen atoms in total. The lowest BCUT2D eigenvalue weighted by molar-refractivity contribution is -0.139. The van der Waals surface area contributed by atoms with E-state index in [0.29, 0.717) is 31.5 Å². The van der Waals surface area contributed by atoms with Crippen LogP contribution in [-0.2, 0) is 19.2 Å². The molecule has 1 aromatic carbocycles. The molecule has 0 spiro atoms. The highest BCUT2D eigenvalue weighted by Gasteiger charge is 2.51. The standard InChI is InChI=1S/C26H37N5O5/c1-17(10-12-27-26(36)19-6-8-20(9-7-19)28(3)4)14-23(34)30-13-11-21-25(30)22(33)15-31(21)24(35)16-29(5)18(2)32/h6-9,17,21,25H,10-16H2,1-5H3,(H,27,36). The number of nitrogens with zero attached hydrogens (tertiary/aromatic N) is 4. The summed E-state index contributed by atoms with van der Waals surface area (Å²) >= 11 is 0. The summed E-state index contributed by atoms with van der Waals surface area (Å²) in [4.78, 5) is 68.7. The first-order chi connectivity index (χ1) is 17.0. The second-order valence-corrected chi connectivity index (χ2v) is 10.0. The van der Waals surface area contributed by atoms with Gasteiger partial charge < -0.3 is 24.9 Å². The molecule has 4 amide bonds. The largest absolute Gasteiger partial charge is 0.378 e. The van der Waals surface area contributed by atoms with Gasteiger partial charge in [-0.1, -0.05) is 6.92 Å². The van der Waals surface area contributed by atoms with Crippen molar-refractivity contribution in [1.29, 1.82) is 0 Å². The van der Waals surface area contributed by atoms with Crippen molar-refractivity contribution >= 4 is 35.1 Å². The summed E-state index contributed by atoms with van der Waals surface area (Å²) in [5.41, 5.74) is 1.60. The number of benzene rings is 1. The van der Waals surface area contributed by atoms with Crippen LogP contribution in [0.2, 0.25) is 0 Å². The molecule has 196 valence electrons. The molecule has 3 unspecified atom stereocenters. The van der Waals surface area contributed by atoms with Crippen molar-refractivity contribution < 1.29 is 24.0 Å². The van der Waals surface area contributed by atoms with E-state index in [9.17, 15) is 24.0 Å². The fourth-order valence-corrected chi connectivity index (χ4v) is 4.79. The van der Waals surface area contributed by atoms with Gasteiger partial charge in [-0.05, 0) is 43.0 Å². The van der Waals surface area contributed by atoms with Gasteiger partial charge in [0.2, 0.25) is 17.7 Å². The maximum absolute atomic E-state index is 13.0. The van der Waals surface area contributed by atoms with E-state index >= 15 is 0 Å². The molecule has 3 rings (SSSR count). The van der Waals surface area contributed by atoms with E-state index < -0.39 is 6.04 Å². The Hall–Kier alpha value is -3.43. The van der Waals surface area contributed by atoms with Crippen molar-refractivity contribution in [2.24, 2.45) is 5.92 Å². The number of likely N-dealkylation sites (tertiary alicyclic amines) is 2. The molecule has 2 fully saturated rings. The molecule has 0 radical (unpaired) electrons. The number of hydrogen-bond acceptors (Lipinski definition) is 6. The molecule has 0 saturated carbocycles. The predicted molar refractivity (Wildman–Crippen MR) is 135 cm³/mol. The molecule has 0 bridgehead atoms. The number of anilines is 1. The Balaban J connectivity index is 1.47. The lowest BCUT2D eigenvalue weighted by Gasteiger charge is -2.26. The average molecular weight is 500 g/mol. The van der Waals surface area contributed by atoms with Gasteiger partial charge in [-0.2, -0.15) is 0 Å². The number of fused-ring (bicyclic) bond motifs is 1. The van der Waals surface area contributed by atoms with E-state index in [1.54, 1.807) is 24.1 Å². The molecule has 36 heavy (non-hydrogen) atoms. The maximum atomic E-state index is 13.0. The minimum atomic E-state index is -0.610. The van der Waals surface area contributed by atoms with E-state index in [0.717, 1.165) is 5.69 Å². The smallest absolute Gasteiger partial charge is 0.251 e. The van der Waals surface area contributed by atoms with Gasteiger partial charge in [-0.3, -0.25) is 24.0 Å². The van der Waals surface area contributed by atoms with Crippen LogP contribution in [0.15, 0.2) is 24.3 Å². The molecule has 2 aliphatic heterocycles. The van der Waals surface area contributed by atoms with Gasteiger partial charge in [0.05, 0.1) is 19.1 Å². The number of carbonyl (C=O) groups excluding carboxylic acids is 5. The van der Waals surface area contributed by atoms with Crippen LogP contribution in [0.4, 0.5) is 5.69 Å². The van der Waals surface area contributed by atoms with Crippen LogP contribution in [-0.4, -0.2) is 104 Å². The van der Waals surface area contributed by atoms with Gasteiger partial charge in [-0.25, -0.2) is 0 Å². The van der Waals surface area contributed by atoms with Gasteiger partial charge in [0, 0.05) is 58.8 Å². The first kappa shape index (κ1) is 27.2. The van der Waals surface area contributed by atoms with Gasteiger partial charge in [0.1, 0.15) is 6.04 Å². The van der Waals surface area contributed by atoms with Crippen molar-refractivity contribution in [2.45, 2.75) is 45.2 Å². The third-order valence-electron chi connectivity index (χ3n) is 7.06. The molecular weight excluding hydrogens is 462 g/mol. The lowest BCUT2D eigenvalue weighted by atomic mass is 10.0. The highest BCUT2D eigenvalue weighted by Crippen LogP contribution is 2.31. The van der Waals surface area contributed by atoms with Crippen LogP contribution >= 0.6 is 0 Å². The van der Waals surface area contributed by atoms with Crippen LogP contribution in [0, 0.1) is 5.92 Å². The van der Waals surface area contributed by atoms with Crippen molar-refractivity contribution in [3.05, 3.63) is 29.8 Å². The number of nitrogens with one attached hydrogen (secondary N) is 1. The Morgan fingerprint density at radius 3 is 2.33 bits per heavy atom. The Morgan fingerprint density at radius 2 is 1.72 bits per heavy atom. The number of carbonyl (C=O) groups is 5. The van der Waals surface area contributed by atoms with E-state index in [1.807, 2.05) is 38.1 Å². The highest BCUT2D eigenvalue weighted by molar-refractivity contribution is 5.98. The quantitative estimate of drug-likeness (QED) is 0.537. The van der Waals surface area contributed by atoms with E-state index in [4.69, 9.17) is 0 Å². The molecule has 0 aromatic heterocycles. The highest BCUT2D eigenvalue weighted by atomic mass is 16.2. The van der Waals surface area contributed by atoms with Gasteiger partial charge >= 0.3 is 0 Å². The average Bonchev–Trinajstić information content (AvgIpc) is 3.40. The zero-order valence-corrected chi connectivity index (χ0v) is 21.8. The van der Waals surface area contributed by atoms with Crippen LogP contribution < -0.4 is 10.2 Å². The normalized spacial score (nSPS) is 19.6. The molecule has 1 N–H and O–H groups in total. The second-order valence-electron chi connectivity index (χ2n) is 10.0. The van der Waals surface area contributed by atoms with Crippen molar-refractivity contribution in [2.75, 3.05) is 52.2 Å². The lowest BCUT2D eigenvalue weighted by Crippen LogP contribution is -2.45. The zero-order valence-electron chi connectivity index (χ0n) is 21.8.